The summed E-state index contributed by atoms with van der Waals surface area (Å²) in [5, 5.41) is 3.94. The molecule has 5 nitrogen and oxygen atoms in total. The molecule has 0 aromatic carbocycles. The van der Waals surface area contributed by atoms with E-state index in [1.54, 1.807) is 6.20 Å². The second-order valence-electron chi connectivity index (χ2n) is 7.98. The lowest BCUT2D eigenvalue weighted by Gasteiger charge is -2.42. The Labute approximate surface area is 164 Å². The van der Waals surface area contributed by atoms with Gasteiger partial charge in [-0.2, -0.15) is 0 Å². The van der Waals surface area contributed by atoms with Crippen molar-refractivity contribution < 1.29 is 9.53 Å². The van der Waals surface area contributed by atoms with E-state index < -0.39 is 0 Å². The molecule has 26 heavy (non-hydrogen) atoms. The van der Waals surface area contributed by atoms with E-state index in [-0.39, 0.29) is 5.97 Å². The molecule has 3 aliphatic rings. The van der Waals surface area contributed by atoms with Gasteiger partial charge in [0.25, 0.3) is 0 Å². The fourth-order valence-electron chi connectivity index (χ4n) is 5.16. The lowest BCUT2D eigenvalue weighted by Crippen LogP contribution is -2.52. The van der Waals surface area contributed by atoms with Crippen LogP contribution in [0.1, 0.15) is 68.1 Å². The minimum atomic E-state index is -0.310. The summed E-state index contributed by atoms with van der Waals surface area (Å²) < 4.78 is 5.80. The summed E-state index contributed by atoms with van der Waals surface area (Å²) in [7, 11) is 1.43. The molecule has 4 rings (SSSR count). The Hall–Kier alpha value is -1.14. The van der Waals surface area contributed by atoms with E-state index in [1.165, 1.54) is 52.1 Å². The number of esters is 1. The largest absolute Gasteiger partial charge is 0.465 e. The lowest BCUT2D eigenvalue weighted by atomic mass is 9.91. The van der Waals surface area contributed by atoms with Gasteiger partial charge >= 0.3 is 5.97 Å². The summed E-state index contributed by atoms with van der Waals surface area (Å²) in [5.41, 5.74) is 0.567. The monoisotopic (exact) mass is 421 g/mol. The first kappa shape index (κ1) is 18.2. The number of carbonyl (C=O) groups excluding carboxylic acids is 1. The van der Waals surface area contributed by atoms with Gasteiger partial charge < -0.3 is 15.0 Å². The van der Waals surface area contributed by atoms with Crippen LogP contribution in [-0.4, -0.2) is 42.2 Å². The molecule has 1 saturated carbocycles. The lowest BCUT2D eigenvalue weighted by molar-refractivity contribution is 0.0600. The Balaban J connectivity index is 1.51. The van der Waals surface area contributed by atoms with Crippen molar-refractivity contribution >= 4 is 27.7 Å². The molecule has 2 saturated heterocycles. The molecule has 3 heterocycles. The number of ether oxygens (including phenoxy) is 1. The topological polar surface area (TPSA) is 54.5 Å². The van der Waals surface area contributed by atoms with E-state index in [1.807, 2.05) is 6.07 Å². The molecule has 3 fully saturated rings. The van der Waals surface area contributed by atoms with Crippen molar-refractivity contribution in [2.45, 2.75) is 82.0 Å². The number of halogens is 1. The van der Waals surface area contributed by atoms with Crippen LogP contribution in [0.5, 0.6) is 0 Å². The van der Waals surface area contributed by atoms with Crippen molar-refractivity contribution in [2.24, 2.45) is 0 Å². The highest BCUT2D eigenvalue weighted by Gasteiger charge is 2.43. The molecule has 1 aliphatic carbocycles. The predicted octanol–water partition coefficient (Wildman–Crippen LogP) is 4.05. The molecule has 1 aromatic heterocycles. The van der Waals surface area contributed by atoms with Crippen molar-refractivity contribution in [1.29, 1.82) is 0 Å². The first-order valence-electron chi connectivity index (χ1n) is 9.94. The average Bonchev–Trinajstić information content (AvgIpc) is 2.92. The fraction of sp³-hybridized carbons (Fsp3) is 0.700. The molecule has 6 heteroatoms. The van der Waals surface area contributed by atoms with Gasteiger partial charge in [-0.15, -0.1) is 0 Å². The van der Waals surface area contributed by atoms with Crippen LogP contribution >= 0.6 is 15.9 Å². The van der Waals surface area contributed by atoms with E-state index in [4.69, 9.17) is 4.74 Å². The predicted molar refractivity (Wildman–Crippen MR) is 106 cm³/mol. The number of nitrogens with one attached hydrogen (secondary N) is 1. The molecule has 1 aromatic rings. The van der Waals surface area contributed by atoms with E-state index in [2.05, 4.69) is 31.1 Å². The number of hydrogen-bond acceptors (Lipinski definition) is 5. The molecular weight excluding hydrogens is 394 g/mol. The average molecular weight is 422 g/mol. The fourth-order valence-corrected chi connectivity index (χ4v) is 5.49. The Morgan fingerprint density at radius 3 is 2.50 bits per heavy atom. The number of nitrogens with zero attached hydrogens (tertiary/aromatic N) is 2. The van der Waals surface area contributed by atoms with Crippen molar-refractivity contribution in [1.82, 2.24) is 10.3 Å². The van der Waals surface area contributed by atoms with Crippen molar-refractivity contribution in [2.75, 3.05) is 12.0 Å². The van der Waals surface area contributed by atoms with E-state index in [0.717, 1.165) is 23.1 Å². The van der Waals surface area contributed by atoms with Crippen LogP contribution in [-0.2, 0) is 4.74 Å². The zero-order valence-electron chi connectivity index (χ0n) is 15.4. The molecule has 2 unspecified atom stereocenters. The molecule has 0 amide bonds. The summed E-state index contributed by atoms with van der Waals surface area (Å²) in [6, 6.07) is 4.07. The molecule has 1 N–H and O–H groups in total. The first-order chi connectivity index (χ1) is 12.7. The maximum atomic E-state index is 12.3. The minimum absolute atomic E-state index is 0.310. The number of methoxy groups -OCH3 is 1. The van der Waals surface area contributed by atoms with Crippen LogP contribution in [0, 0.1) is 0 Å². The normalized spacial score (nSPS) is 29.0. The van der Waals surface area contributed by atoms with Crippen molar-refractivity contribution in [3.63, 3.8) is 0 Å². The third kappa shape index (κ3) is 3.63. The number of hydrogen-bond donors (Lipinski definition) is 1. The Bertz CT molecular complexity index is 648. The quantitative estimate of drug-likeness (QED) is 0.742. The number of rotatable bonds is 4. The van der Waals surface area contributed by atoms with Gasteiger partial charge in [0.2, 0.25) is 0 Å². The molecule has 2 atom stereocenters. The number of carbonyl (C=O) groups is 1. The van der Waals surface area contributed by atoms with Crippen LogP contribution in [0.4, 0.5) is 5.82 Å². The summed E-state index contributed by atoms with van der Waals surface area (Å²) in [4.78, 5) is 19.3. The highest BCUT2D eigenvalue weighted by Crippen LogP contribution is 2.40. The molecule has 2 bridgehead atoms. The smallest absolute Gasteiger partial charge is 0.341 e. The van der Waals surface area contributed by atoms with Gasteiger partial charge in [-0.3, -0.25) is 0 Å². The Morgan fingerprint density at radius 1 is 1.15 bits per heavy atom. The van der Waals surface area contributed by atoms with E-state index in [9.17, 15) is 4.79 Å². The zero-order chi connectivity index (χ0) is 18.1. The highest BCUT2D eigenvalue weighted by molar-refractivity contribution is 9.10. The number of pyridine rings is 1. The molecule has 2 aliphatic heterocycles. The van der Waals surface area contributed by atoms with Crippen LogP contribution in [0.15, 0.2) is 16.7 Å². The van der Waals surface area contributed by atoms with Crippen LogP contribution in [0.25, 0.3) is 0 Å². The number of aromatic nitrogens is 1. The highest BCUT2D eigenvalue weighted by atomic mass is 79.9. The third-order valence-corrected chi connectivity index (χ3v) is 6.73. The zero-order valence-corrected chi connectivity index (χ0v) is 17.0. The molecule has 0 radical (unpaired) electrons. The maximum Gasteiger partial charge on any atom is 0.341 e. The van der Waals surface area contributed by atoms with Crippen LogP contribution in [0.2, 0.25) is 0 Å². The van der Waals surface area contributed by atoms with E-state index >= 15 is 0 Å². The SMILES string of the molecule is COC(=O)c1cc(Br)cnc1N1C2CCC1CC(NC1CCCCC1)C2. The maximum absolute atomic E-state index is 12.3. The second kappa shape index (κ2) is 7.85. The van der Waals surface area contributed by atoms with Crippen LogP contribution in [0.3, 0.4) is 0 Å². The number of piperidine rings is 1. The Morgan fingerprint density at radius 2 is 1.85 bits per heavy atom. The van der Waals surface area contributed by atoms with Crippen molar-refractivity contribution in [3.8, 4) is 0 Å². The summed E-state index contributed by atoms with van der Waals surface area (Å²) in [6.45, 7) is 0. The van der Waals surface area contributed by atoms with Crippen LogP contribution < -0.4 is 10.2 Å². The van der Waals surface area contributed by atoms with Gasteiger partial charge in [-0.1, -0.05) is 19.3 Å². The number of fused-ring (bicyclic) bond motifs is 2. The van der Waals surface area contributed by atoms with Gasteiger partial charge in [0.05, 0.1) is 7.11 Å². The van der Waals surface area contributed by atoms with Crippen molar-refractivity contribution in [3.05, 3.63) is 22.3 Å². The Kier molecular flexibility index (Phi) is 5.50. The first-order valence-corrected chi connectivity index (χ1v) is 10.7. The van der Waals surface area contributed by atoms with E-state index in [0.29, 0.717) is 29.7 Å². The summed E-state index contributed by atoms with van der Waals surface area (Å²) in [5.74, 6) is 0.485. The molecule has 0 spiro atoms. The summed E-state index contributed by atoms with van der Waals surface area (Å²) >= 11 is 3.43. The third-order valence-electron chi connectivity index (χ3n) is 6.29. The van der Waals surface area contributed by atoms with Gasteiger partial charge in [-0.25, -0.2) is 9.78 Å². The summed E-state index contributed by atoms with van der Waals surface area (Å²) in [6.07, 6.45) is 13.2. The van der Waals surface area contributed by atoms with Gasteiger partial charge in [0.15, 0.2) is 0 Å². The molecular formula is C20H28BrN3O2. The molecule has 142 valence electrons. The minimum Gasteiger partial charge on any atom is -0.465 e. The van der Waals surface area contributed by atoms with Gasteiger partial charge in [0.1, 0.15) is 11.4 Å². The van der Waals surface area contributed by atoms with Gasteiger partial charge in [-0.05, 0) is 60.5 Å². The van der Waals surface area contributed by atoms with Gasteiger partial charge in [0, 0.05) is 34.8 Å². The number of anilines is 1. The second-order valence-corrected chi connectivity index (χ2v) is 8.89. The standard InChI is InChI=1S/C20H28BrN3O2/c1-26-20(25)18-9-13(21)12-22-19(18)24-16-7-8-17(24)11-15(10-16)23-14-5-3-2-4-6-14/h9,12,14-17,23H,2-8,10-11H2,1H3.